The van der Waals surface area contributed by atoms with Crippen molar-refractivity contribution in [3.63, 3.8) is 0 Å². The molecule has 0 saturated carbocycles. The Morgan fingerprint density at radius 1 is 0.536 bits per heavy atom. The van der Waals surface area contributed by atoms with Crippen LogP contribution in [0.1, 0.15) is 134 Å². The van der Waals surface area contributed by atoms with Crippen LogP contribution in [0.5, 0.6) is 11.5 Å². The quantitative estimate of drug-likeness (QED) is 0.0387. The molecule has 1 saturated heterocycles. The summed E-state index contributed by atoms with van der Waals surface area (Å²) in [6.45, 7) is 20.9. The van der Waals surface area contributed by atoms with Gasteiger partial charge in [-0.15, -0.1) is 0 Å². The molecule has 23 nitrogen and oxygen atoms in total. The number of nitrogens with one attached hydrogen (secondary N) is 1. The molecular formula is C84H107ClF2N16O7S2. The van der Waals surface area contributed by atoms with Crippen LogP contribution in [-0.4, -0.2) is 169 Å². The highest BCUT2D eigenvalue weighted by Gasteiger charge is 2.27. The van der Waals surface area contributed by atoms with E-state index in [-0.39, 0.29) is 21.9 Å². The second-order valence-electron chi connectivity index (χ2n) is 28.1. The highest BCUT2D eigenvalue weighted by molar-refractivity contribution is 7.89. The van der Waals surface area contributed by atoms with E-state index in [1.165, 1.54) is 74.7 Å². The number of hydrogen-bond donors (Lipinski definition) is 1. The Morgan fingerprint density at radius 2 is 1.11 bits per heavy atom. The lowest BCUT2D eigenvalue weighted by atomic mass is 10.1. The first kappa shape index (κ1) is 85.1. The predicted molar refractivity (Wildman–Crippen MR) is 442 cm³/mol. The molecule has 1 aliphatic heterocycles. The molecule has 28 heteroatoms. The third-order valence-electron chi connectivity index (χ3n) is 19.7. The zero-order chi connectivity index (χ0) is 80.1. The number of alkyl halides is 2. The Morgan fingerprint density at radius 3 is 1.70 bits per heavy atom. The van der Waals surface area contributed by atoms with E-state index in [0.717, 1.165) is 93.9 Å². The van der Waals surface area contributed by atoms with Crippen LogP contribution in [0.2, 0.25) is 5.02 Å². The number of ether oxygens (including phenoxy) is 3. The molecule has 13 rings (SSSR count). The van der Waals surface area contributed by atoms with E-state index in [4.69, 9.17) is 40.8 Å². The van der Waals surface area contributed by atoms with Crippen LogP contribution in [0.15, 0.2) is 192 Å². The zero-order valence-corrected chi connectivity index (χ0v) is 68.8. The molecule has 0 amide bonds. The number of halogens is 3. The van der Waals surface area contributed by atoms with E-state index in [1.807, 2.05) is 118 Å². The summed E-state index contributed by atoms with van der Waals surface area (Å²) in [4.78, 5) is 35.1. The van der Waals surface area contributed by atoms with Crippen molar-refractivity contribution >= 4 is 81.5 Å². The molecule has 6 aromatic heterocycles. The summed E-state index contributed by atoms with van der Waals surface area (Å²) in [5.74, 6) is 4.73. The summed E-state index contributed by atoms with van der Waals surface area (Å²) in [6.07, 6.45) is 9.36. The fourth-order valence-corrected chi connectivity index (χ4v) is 15.5. The minimum Gasteiger partial charge on any atom is -0.492 e. The van der Waals surface area contributed by atoms with Gasteiger partial charge in [-0.05, 0) is 190 Å². The van der Waals surface area contributed by atoms with Crippen molar-refractivity contribution in [2.75, 3.05) is 80.1 Å². The third-order valence-corrected chi connectivity index (χ3v) is 23.6. The predicted octanol–water partition coefficient (Wildman–Crippen LogP) is 16.6. The monoisotopic (exact) mass is 1590 g/mol. The molecule has 1 aliphatic rings. The average molecular weight is 1590 g/mol. The van der Waals surface area contributed by atoms with E-state index >= 15 is 0 Å². The van der Waals surface area contributed by atoms with Gasteiger partial charge in [-0.2, -0.15) is 8.78 Å². The van der Waals surface area contributed by atoms with Gasteiger partial charge in [-0.3, -0.25) is 29.2 Å². The standard InChI is InChI=1S/C23H31ClN4O4S.C22H27N3O.C21H29N5O2S.C18H20F2N4/c1-5-12-28-21-11-10-17(33(29,30)27(3)4)15-20(21)26-22(28)16-25-19-9-7-8-18(24)23(19)32-14-13-31-6-2;1-18(24-14-8-3-9-15-24)22-23-20-12-6-7-13-21(20)25(22)16-17-26-19-10-4-2-5-11-19;1-6-13-26-20-11-10-17(29(27,28)24(3)4)14-19(20)23-21(26)15-25(5)16(2)18-9-7-8-12-22-18;1-13(2)23(11-14-7-5-6-10-21-14)12-17-22-15-8-3-4-9-16(15)24(17)18(19)20/h7-11,15,25H,5-6,12-14,16H2,1-4H3;2,4-7,10-13,18H,3,8-9,14-17H2,1H3;7-12,14,16H,6,13,15H2,1-5H3;3-10,13,18H,11-12H2,1-2H3. The first-order chi connectivity index (χ1) is 53.9. The summed E-state index contributed by atoms with van der Waals surface area (Å²) in [7, 11) is 1.13. The van der Waals surface area contributed by atoms with Gasteiger partial charge in [0.25, 0.3) is 0 Å². The SMILES string of the molecule is CC(C)N(Cc1ccccn1)Cc1nc2ccccc2n1C(F)F.CC(c1nc2ccccc2n1CCOc1ccccc1)N1CCCCC1.CCCn1c(CN(C)C(C)c2ccccn2)nc2cc(S(=O)(=O)N(C)C)ccc21.CCCn1c(CNc2cccc(Cl)c2OCCOCC)nc2cc(S(=O)(=O)N(C)C)ccc21. The van der Waals surface area contributed by atoms with E-state index in [0.29, 0.717) is 97.3 Å². The number of rotatable bonds is 32. The van der Waals surface area contributed by atoms with Crippen molar-refractivity contribution < 1.29 is 39.8 Å². The Hall–Kier alpha value is -9.29. The summed E-state index contributed by atoms with van der Waals surface area (Å²) in [6, 6.07) is 53.5. The minimum absolute atomic E-state index is 0.135. The number of piperidine rings is 1. The summed E-state index contributed by atoms with van der Waals surface area (Å²) in [5, 5.41) is 3.89. The van der Waals surface area contributed by atoms with Crippen LogP contribution in [0.25, 0.3) is 44.1 Å². The molecule has 112 heavy (non-hydrogen) atoms. The van der Waals surface area contributed by atoms with Gasteiger partial charge >= 0.3 is 6.55 Å². The molecule has 1 fully saturated rings. The molecule has 598 valence electrons. The van der Waals surface area contributed by atoms with E-state index in [1.54, 1.807) is 60.9 Å². The van der Waals surface area contributed by atoms with Gasteiger partial charge in [0.2, 0.25) is 20.0 Å². The molecule has 2 atom stereocenters. The van der Waals surface area contributed by atoms with Crippen LogP contribution in [-0.2, 0) is 70.6 Å². The number of likely N-dealkylation sites (tertiary alicyclic amines) is 1. The topological polar surface area (TPSA) is 221 Å². The van der Waals surface area contributed by atoms with Crippen molar-refractivity contribution in [1.82, 2.24) is 71.5 Å². The van der Waals surface area contributed by atoms with Gasteiger partial charge < -0.3 is 33.2 Å². The van der Waals surface area contributed by atoms with Gasteiger partial charge in [-0.1, -0.05) is 92.5 Å². The summed E-state index contributed by atoms with van der Waals surface area (Å²) in [5.41, 5.74) is 9.19. The maximum atomic E-state index is 13.6. The highest BCUT2D eigenvalue weighted by Crippen LogP contribution is 2.35. The molecule has 7 heterocycles. The maximum Gasteiger partial charge on any atom is 0.320 e. The Labute approximate surface area is 663 Å². The van der Waals surface area contributed by atoms with Gasteiger partial charge in [0, 0.05) is 78.9 Å². The molecule has 2 unspecified atom stereocenters. The van der Waals surface area contributed by atoms with Crippen LogP contribution in [0.3, 0.4) is 0 Å². The number of aryl methyl sites for hydroxylation is 2. The molecule has 12 aromatic rings. The second kappa shape index (κ2) is 40.4. The first-order valence-corrected chi connectivity index (χ1v) is 41.6. The van der Waals surface area contributed by atoms with Crippen molar-refractivity contribution in [1.29, 1.82) is 0 Å². The number of hydrogen-bond acceptors (Lipinski definition) is 17. The number of imidazole rings is 4. The number of nitrogens with zero attached hydrogens (tertiary/aromatic N) is 15. The fraction of sp³-hybridized carbons (Fsp3) is 0.405. The second-order valence-corrected chi connectivity index (χ2v) is 32.8. The fourth-order valence-electron chi connectivity index (χ4n) is 13.4. The number of pyridine rings is 2. The molecule has 6 aromatic carbocycles. The van der Waals surface area contributed by atoms with E-state index in [2.05, 4.69) is 108 Å². The van der Waals surface area contributed by atoms with Crippen LogP contribution in [0, 0.1) is 0 Å². The Balaban J connectivity index is 0.000000159. The van der Waals surface area contributed by atoms with Crippen molar-refractivity contribution in [2.24, 2.45) is 0 Å². The number of para-hydroxylation sites is 6. The lowest BCUT2D eigenvalue weighted by Gasteiger charge is -2.32. The van der Waals surface area contributed by atoms with Crippen LogP contribution >= 0.6 is 11.6 Å². The number of sulfonamides is 2. The Bertz CT molecular complexity index is 5200. The third kappa shape index (κ3) is 21.5. The maximum absolute atomic E-state index is 13.6. The molecule has 0 aliphatic carbocycles. The van der Waals surface area contributed by atoms with E-state index in [9.17, 15) is 25.6 Å². The Kier molecular flexibility index (Phi) is 30.7. The molecular weight excluding hydrogens is 1480 g/mol. The van der Waals surface area contributed by atoms with Crippen molar-refractivity contribution in [2.45, 2.75) is 161 Å². The summed E-state index contributed by atoms with van der Waals surface area (Å²) >= 11 is 6.37. The molecule has 0 bridgehead atoms. The van der Waals surface area contributed by atoms with Crippen molar-refractivity contribution in [3.05, 3.63) is 222 Å². The number of fused-ring (bicyclic) bond motifs is 4. The smallest absolute Gasteiger partial charge is 0.320 e. The van der Waals surface area contributed by atoms with Gasteiger partial charge in [0.05, 0.1) is 115 Å². The van der Waals surface area contributed by atoms with Gasteiger partial charge in [0.15, 0.2) is 5.75 Å². The average Bonchev–Trinajstić information content (AvgIpc) is 1.63. The summed E-state index contributed by atoms with van der Waals surface area (Å²) < 4.78 is 104. The van der Waals surface area contributed by atoms with Gasteiger partial charge in [0.1, 0.15) is 42.3 Å². The van der Waals surface area contributed by atoms with Gasteiger partial charge in [-0.25, -0.2) is 45.4 Å². The molecule has 0 radical (unpaired) electrons. The molecule has 1 N–H and O–H groups in total. The lowest BCUT2D eigenvalue weighted by molar-refractivity contribution is 0.0666. The largest absolute Gasteiger partial charge is 0.492 e. The number of benzene rings is 6. The first-order valence-electron chi connectivity index (χ1n) is 38.4. The lowest BCUT2D eigenvalue weighted by Crippen LogP contribution is -2.34. The zero-order valence-electron chi connectivity index (χ0n) is 66.4. The van der Waals surface area contributed by atoms with Crippen molar-refractivity contribution in [3.8, 4) is 11.5 Å². The normalized spacial score (nSPS) is 13.4. The van der Waals surface area contributed by atoms with Crippen LogP contribution in [0.4, 0.5) is 14.5 Å². The number of aromatic nitrogens is 10. The van der Waals surface area contributed by atoms with E-state index < -0.39 is 26.6 Å². The van der Waals surface area contributed by atoms with Crippen LogP contribution < -0.4 is 14.8 Å². The number of anilines is 1. The highest BCUT2D eigenvalue weighted by atomic mass is 35.5. The minimum atomic E-state index is -3.54. The molecule has 0 spiro atoms.